The molecule has 1 saturated heterocycles. The lowest BCUT2D eigenvalue weighted by Gasteiger charge is -2.31. The van der Waals surface area contributed by atoms with Crippen LogP contribution in [0.3, 0.4) is 0 Å². The van der Waals surface area contributed by atoms with Gasteiger partial charge in [0.05, 0.1) is 12.6 Å². The zero-order valence-corrected chi connectivity index (χ0v) is 13.1. The lowest BCUT2D eigenvalue weighted by Crippen LogP contribution is -2.43. The van der Waals surface area contributed by atoms with Crippen LogP contribution in [0.2, 0.25) is 0 Å². The van der Waals surface area contributed by atoms with E-state index >= 15 is 0 Å². The summed E-state index contributed by atoms with van der Waals surface area (Å²) in [6, 6.07) is 1.74. The number of urea groups is 1. The van der Waals surface area contributed by atoms with Crippen molar-refractivity contribution in [1.29, 1.82) is 0 Å². The Kier molecular flexibility index (Phi) is 5.22. The number of nitrogens with one attached hydrogen (secondary N) is 2. The molecule has 118 valence electrons. The Labute approximate surface area is 126 Å². The molecule has 2 heterocycles. The van der Waals surface area contributed by atoms with Crippen LogP contribution in [-0.2, 0) is 11.3 Å². The topological polar surface area (TPSA) is 68.2 Å². The normalized spacial score (nSPS) is 22.2. The maximum Gasteiger partial charge on any atom is 0.314 e. The third-order valence-electron chi connectivity index (χ3n) is 3.78. The van der Waals surface area contributed by atoms with E-state index in [2.05, 4.69) is 36.5 Å². The van der Waals surface area contributed by atoms with Crippen LogP contribution in [0, 0.1) is 11.3 Å². The van der Waals surface area contributed by atoms with Crippen LogP contribution < -0.4 is 10.6 Å². The molecule has 1 fully saturated rings. The van der Waals surface area contributed by atoms with Crippen LogP contribution in [-0.4, -0.2) is 41.6 Å². The first-order valence-corrected chi connectivity index (χ1v) is 7.57. The number of nitrogens with zero attached hydrogens (tertiary/aromatic N) is 2. The number of carbonyl (C=O) groups excluding carboxylic acids is 1. The van der Waals surface area contributed by atoms with Gasteiger partial charge in [0.2, 0.25) is 0 Å². The van der Waals surface area contributed by atoms with Crippen LogP contribution in [0.4, 0.5) is 4.79 Å². The molecule has 2 atom stereocenters. The quantitative estimate of drug-likeness (QED) is 0.867. The minimum absolute atomic E-state index is 0.111. The van der Waals surface area contributed by atoms with E-state index in [4.69, 9.17) is 4.74 Å². The van der Waals surface area contributed by atoms with E-state index in [9.17, 15) is 4.79 Å². The van der Waals surface area contributed by atoms with Crippen molar-refractivity contribution in [2.45, 2.75) is 39.8 Å². The van der Waals surface area contributed by atoms with E-state index in [1.807, 2.05) is 12.3 Å². The summed E-state index contributed by atoms with van der Waals surface area (Å²) in [6.07, 6.45) is 4.83. The molecule has 2 rings (SSSR count). The Bertz CT molecular complexity index is 439. The molecule has 0 saturated carbocycles. The summed E-state index contributed by atoms with van der Waals surface area (Å²) in [7, 11) is 0. The third-order valence-corrected chi connectivity index (χ3v) is 3.78. The van der Waals surface area contributed by atoms with E-state index in [-0.39, 0.29) is 17.6 Å². The standard InChI is InChI=1S/C15H26N4O2/c1-15(2,3)13-12(5-10-21-13)11-17-14(20)16-7-9-19-8-4-6-18-19/h4,6,8,12-13H,5,7,9-11H2,1-3H3,(H2,16,17,20)/t12-,13+/m1/s1. The van der Waals surface area contributed by atoms with E-state index in [1.165, 1.54) is 0 Å². The summed E-state index contributed by atoms with van der Waals surface area (Å²) in [5.41, 5.74) is 0.111. The van der Waals surface area contributed by atoms with Crippen molar-refractivity contribution in [3.8, 4) is 0 Å². The third kappa shape index (κ3) is 4.74. The van der Waals surface area contributed by atoms with Gasteiger partial charge in [-0.2, -0.15) is 5.10 Å². The second kappa shape index (κ2) is 6.93. The van der Waals surface area contributed by atoms with Gasteiger partial charge in [-0.05, 0) is 17.9 Å². The molecule has 1 aromatic rings. The molecule has 6 nitrogen and oxygen atoms in total. The maximum absolute atomic E-state index is 11.8. The molecule has 6 heteroatoms. The Hall–Kier alpha value is -1.56. The fraction of sp³-hybridized carbons (Fsp3) is 0.733. The van der Waals surface area contributed by atoms with Crippen molar-refractivity contribution in [2.75, 3.05) is 19.7 Å². The first kappa shape index (κ1) is 15.8. The average molecular weight is 294 g/mol. The number of amides is 2. The smallest absolute Gasteiger partial charge is 0.314 e. The molecule has 1 aromatic heterocycles. The minimum atomic E-state index is -0.123. The number of aromatic nitrogens is 2. The molecule has 0 spiro atoms. The van der Waals surface area contributed by atoms with E-state index in [1.54, 1.807) is 10.9 Å². The molecular weight excluding hydrogens is 268 g/mol. The number of rotatable bonds is 5. The Balaban J connectivity index is 1.66. The molecule has 0 unspecified atom stereocenters. The summed E-state index contributed by atoms with van der Waals surface area (Å²) in [4.78, 5) is 11.8. The van der Waals surface area contributed by atoms with Crippen LogP contribution in [0.1, 0.15) is 27.2 Å². The molecule has 0 bridgehead atoms. The predicted octanol–water partition coefficient (Wildman–Crippen LogP) is 1.63. The molecule has 0 aliphatic carbocycles. The van der Waals surface area contributed by atoms with Crippen molar-refractivity contribution >= 4 is 6.03 Å². The molecular formula is C15H26N4O2. The lowest BCUT2D eigenvalue weighted by atomic mass is 9.81. The molecule has 0 aromatic carbocycles. The van der Waals surface area contributed by atoms with Crippen molar-refractivity contribution in [1.82, 2.24) is 20.4 Å². The molecule has 1 aliphatic heterocycles. The minimum Gasteiger partial charge on any atom is -0.377 e. The van der Waals surface area contributed by atoms with Gasteiger partial charge in [-0.25, -0.2) is 4.79 Å². The van der Waals surface area contributed by atoms with E-state index < -0.39 is 0 Å². The fourth-order valence-electron chi connectivity index (χ4n) is 2.80. The lowest BCUT2D eigenvalue weighted by molar-refractivity contribution is 0.00775. The highest BCUT2D eigenvalue weighted by Crippen LogP contribution is 2.34. The number of carbonyl (C=O) groups is 1. The number of hydrogen-bond acceptors (Lipinski definition) is 3. The SMILES string of the molecule is CC(C)(C)[C@H]1OCC[C@@H]1CNC(=O)NCCn1cccn1. The molecule has 2 N–H and O–H groups in total. The van der Waals surface area contributed by atoms with Crippen molar-refractivity contribution in [2.24, 2.45) is 11.3 Å². The van der Waals surface area contributed by atoms with Crippen molar-refractivity contribution < 1.29 is 9.53 Å². The second-order valence-electron chi connectivity index (χ2n) is 6.61. The Morgan fingerprint density at radius 2 is 2.24 bits per heavy atom. The zero-order valence-electron chi connectivity index (χ0n) is 13.1. The van der Waals surface area contributed by atoms with Gasteiger partial charge in [0.25, 0.3) is 0 Å². The van der Waals surface area contributed by atoms with Gasteiger partial charge in [-0.15, -0.1) is 0 Å². The largest absolute Gasteiger partial charge is 0.377 e. The second-order valence-corrected chi connectivity index (χ2v) is 6.61. The van der Waals surface area contributed by atoms with Gasteiger partial charge in [0.15, 0.2) is 0 Å². The predicted molar refractivity (Wildman–Crippen MR) is 80.9 cm³/mol. The van der Waals surface area contributed by atoms with Crippen molar-refractivity contribution in [3.05, 3.63) is 18.5 Å². The van der Waals surface area contributed by atoms with E-state index in [0.717, 1.165) is 13.0 Å². The monoisotopic (exact) mass is 294 g/mol. The summed E-state index contributed by atoms with van der Waals surface area (Å²) in [5.74, 6) is 0.391. The average Bonchev–Trinajstić information content (AvgIpc) is 3.06. The molecule has 21 heavy (non-hydrogen) atoms. The zero-order chi connectivity index (χ0) is 15.3. The maximum atomic E-state index is 11.8. The van der Waals surface area contributed by atoms with Crippen LogP contribution in [0.5, 0.6) is 0 Å². The number of ether oxygens (including phenoxy) is 1. The van der Waals surface area contributed by atoms with Gasteiger partial charge >= 0.3 is 6.03 Å². The van der Waals surface area contributed by atoms with E-state index in [0.29, 0.717) is 25.6 Å². The fourth-order valence-corrected chi connectivity index (χ4v) is 2.80. The van der Waals surface area contributed by atoms with Crippen molar-refractivity contribution in [3.63, 3.8) is 0 Å². The highest BCUT2D eigenvalue weighted by Gasteiger charge is 2.37. The molecule has 1 aliphatic rings. The highest BCUT2D eigenvalue weighted by atomic mass is 16.5. The number of hydrogen-bond donors (Lipinski definition) is 2. The summed E-state index contributed by atoms with van der Waals surface area (Å²) < 4.78 is 7.60. The summed E-state index contributed by atoms with van der Waals surface area (Å²) in [5, 5.41) is 9.88. The Morgan fingerprint density at radius 3 is 2.90 bits per heavy atom. The first-order valence-electron chi connectivity index (χ1n) is 7.57. The van der Waals surface area contributed by atoms with Crippen LogP contribution in [0.25, 0.3) is 0 Å². The first-order chi connectivity index (χ1) is 9.97. The summed E-state index contributed by atoms with van der Waals surface area (Å²) in [6.45, 7) is 9.24. The van der Waals surface area contributed by atoms with Crippen LogP contribution in [0.15, 0.2) is 18.5 Å². The Morgan fingerprint density at radius 1 is 1.43 bits per heavy atom. The molecule has 0 radical (unpaired) electrons. The highest BCUT2D eigenvalue weighted by molar-refractivity contribution is 5.73. The van der Waals surface area contributed by atoms with Gasteiger partial charge < -0.3 is 15.4 Å². The van der Waals surface area contributed by atoms with Gasteiger partial charge in [-0.1, -0.05) is 20.8 Å². The van der Waals surface area contributed by atoms with Gasteiger partial charge in [0, 0.05) is 38.0 Å². The van der Waals surface area contributed by atoms with Crippen LogP contribution >= 0.6 is 0 Å². The van der Waals surface area contributed by atoms with Gasteiger partial charge in [0.1, 0.15) is 0 Å². The molecule has 2 amide bonds. The van der Waals surface area contributed by atoms with Gasteiger partial charge in [-0.3, -0.25) is 4.68 Å². The summed E-state index contributed by atoms with van der Waals surface area (Å²) >= 11 is 0.